The van der Waals surface area contributed by atoms with Crippen molar-refractivity contribution in [1.29, 1.82) is 0 Å². The highest BCUT2D eigenvalue weighted by Gasteiger charge is 2.38. The monoisotopic (exact) mass is 354 g/mol. The standard InChI is InChI=1S/C16H26N4O3S/c1-4-19(5-2)24(22,23)20-10-6-7-16(20)15-9-8-14(12-18-15)11-17-13(3)21/h8-9,12,16H,4-7,10-11H2,1-3H3,(H,17,21). The van der Waals surface area contributed by atoms with Crippen LogP contribution in [0.15, 0.2) is 18.3 Å². The van der Waals surface area contributed by atoms with E-state index in [1.165, 1.54) is 11.2 Å². The Labute approximate surface area is 144 Å². The molecule has 1 aromatic rings. The zero-order chi connectivity index (χ0) is 17.7. The molecule has 0 bridgehead atoms. The van der Waals surface area contributed by atoms with Gasteiger partial charge in [0.05, 0.1) is 11.7 Å². The van der Waals surface area contributed by atoms with Gasteiger partial charge in [-0.2, -0.15) is 17.0 Å². The molecular formula is C16H26N4O3S. The van der Waals surface area contributed by atoms with Gasteiger partial charge < -0.3 is 5.32 Å². The van der Waals surface area contributed by atoms with Crippen molar-refractivity contribution in [2.75, 3.05) is 19.6 Å². The van der Waals surface area contributed by atoms with Crippen molar-refractivity contribution in [1.82, 2.24) is 18.9 Å². The molecule has 1 N–H and O–H groups in total. The molecule has 2 rings (SSSR count). The molecule has 0 aromatic carbocycles. The molecule has 1 amide bonds. The van der Waals surface area contributed by atoms with Crippen LogP contribution in [0.3, 0.4) is 0 Å². The molecule has 0 saturated carbocycles. The summed E-state index contributed by atoms with van der Waals surface area (Å²) in [7, 11) is -3.46. The van der Waals surface area contributed by atoms with Gasteiger partial charge in [0, 0.05) is 39.3 Å². The van der Waals surface area contributed by atoms with Gasteiger partial charge in [0.2, 0.25) is 5.91 Å². The van der Waals surface area contributed by atoms with Crippen LogP contribution in [0.1, 0.15) is 50.9 Å². The third-order valence-corrected chi connectivity index (χ3v) is 6.46. The maximum Gasteiger partial charge on any atom is 0.282 e. The Morgan fingerprint density at radius 3 is 2.62 bits per heavy atom. The van der Waals surface area contributed by atoms with E-state index >= 15 is 0 Å². The molecule has 24 heavy (non-hydrogen) atoms. The van der Waals surface area contributed by atoms with Crippen LogP contribution >= 0.6 is 0 Å². The topological polar surface area (TPSA) is 82.6 Å². The van der Waals surface area contributed by atoms with Crippen LogP contribution in [0, 0.1) is 0 Å². The van der Waals surface area contributed by atoms with E-state index in [2.05, 4.69) is 10.3 Å². The number of pyridine rings is 1. The van der Waals surface area contributed by atoms with Gasteiger partial charge in [0.1, 0.15) is 0 Å². The summed E-state index contributed by atoms with van der Waals surface area (Å²) in [5, 5.41) is 2.72. The van der Waals surface area contributed by atoms with Crippen molar-refractivity contribution in [3.63, 3.8) is 0 Å². The molecule has 134 valence electrons. The molecule has 7 nitrogen and oxygen atoms in total. The minimum atomic E-state index is -3.46. The molecule has 1 aliphatic rings. The lowest BCUT2D eigenvalue weighted by Crippen LogP contribution is -2.43. The second-order valence-corrected chi connectivity index (χ2v) is 7.74. The maximum absolute atomic E-state index is 12.8. The van der Waals surface area contributed by atoms with Gasteiger partial charge in [-0.1, -0.05) is 19.9 Å². The van der Waals surface area contributed by atoms with Crippen LogP contribution in [0.4, 0.5) is 0 Å². The summed E-state index contributed by atoms with van der Waals surface area (Å²) in [6.07, 6.45) is 3.31. The first kappa shape index (κ1) is 18.8. The summed E-state index contributed by atoms with van der Waals surface area (Å²) in [6, 6.07) is 3.53. The quantitative estimate of drug-likeness (QED) is 0.803. The first-order valence-electron chi connectivity index (χ1n) is 8.36. The fraction of sp³-hybridized carbons (Fsp3) is 0.625. The highest BCUT2D eigenvalue weighted by molar-refractivity contribution is 7.86. The highest BCUT2D eigenvalue weighted by Crippen LogP contribution is 2.34. The fourth-order valence-electron chi connectivity index (χ4n) is 2.97. The van der Waals surface area contributed by atoms with Gasteiger partial charge in [-0.15, -0.1) is 0 Å². The molecule has 2 heterocycles. The van der Waals surface area contributed by atoms with Crippen LogP contribution < -0.4 is 5.32 Å². The summed E-state index contributed by atoms with van der Waals surface area (Å²) in [5.41, 5.74) is 1.65. The van der Waals surface area contributed by atoms with Crippen molar-refractivity contribution >= 4 is 16.1 Å². The maximum atomic E-state index is 12.8. The predicted molar refractivity (Wildman–Crippen MR) is 92.3 cm³/mol. The Balaban J connectivity index is 2.17. The lowest BCUT2D eigenvalue weighted by atomic mass is 10.1. The van der Waals surface area contributed by atoms with Gasteiger partial charge in [0.25, 0.3) is 10.2 Å². The number of nitrogens with one attached hydrogen (secondary N) is 1. The van der Waals surface area contributed by atoms with E-state index in [4.69, 9.17) is 0 Å². The van der Waals surface area contributed by atoms with Crippen LogP contribution in [0.2, 0.25) is 0 Å². The van der Waals surface area contributed by atoms with E-state index < -0.39 is 10.2 Å². The first-order chi connectivity index (χ1) is 11.4. The number of amides is 1. The van der Waals surface area contributed by atoms with E-state index in [-0.39, 0.29) is 11.9 Å². The average molecular weight is 354 g/mol. The molecule has 1 aliphatic heterocycles. The number of hydrogen-bond acceptors (Lipinski definition) is 4. The van der Waals surface area contributed by atoms with E-state index in [1.54, 1.807) is 10.5 Å². The number of carbonyl (C=O) groups excluding carboxylic acids is 1. The van der Waals surface area contributed by atoms with Crippen LogP contribution in [-0.2, 0) is 21.5 Å². The SMILES string of the molecule is CCN(CC)S(=O)(=O)N1CCCC1c1ccc(CNC(C)=O)cn1. The van der Waals surface area contributed by atoms with E-state index in [0.717, 1.165) is 24.1 Å². The van der Waals surface area contributed by atoms with Crippen LogP contribution in [-0.4, -0.2) is 47.6 Å². The van der Waals surface area contributed by atoms with Crippen molar-refractivity contribution in [2.45, 2.75) is 46.2 Å². The third-order valence-electron chi connectivity index (χ3n) is 4.26. The summed E-state index contributed by atoms with van der Waals surface area (Å²) in [6.45, 7) is 7.04. The third kappa shape index (κ3) is 4.12. The smallest absolute Gasteiger partial charge is 0.282 e. The molecular weight excluding hydrogens is 328 g/mol. The largest absolute Gasteiger partial charge is 0.352 e. The number of carbonyl (C=O) groups is 1. The van der Waals surface area contributed by atoms with Crippen molar-refractivity contribution in [3.05, 3.63) is 29.6 Å². The van der Waals surface area contributed by atoms with Gasteiger partial charge >= 0.3 is 0 Å². The van der Waals surface area contributed by atoms with E-state index in [0.29, 0.717) is 26.2 Å². The van der Waals surface area contributed by atoms with E-state index in [1.807, 2.05) is 26.0 Å². The average Bonchev–Trinajstić information content (AvgIpc) is 3.04. The van der Waals surface area contributed by atoms with Gasteiger partial charge in [-0.3, -0.25) is 9.78 Å². The Kier molecular flexibility index (Phi) is 6.31. The second-order valence-electron chi connectivity index (χ2n) is 5.86. The molecule has 1 fully saturated rings. The molecule has 1 aromatic heterocycles. The van der Waals surface area contributed by atoms with Crippen molar-refractivity contribution in [3.8, 4) is 0 Å². The van der Waals surface area contributed by atoms with Crippen molar-refractivity contribution < 1.29 is 13.2 Å². The summed E-state index contributed by atoms with van der Waals surface area (Å²) < 4.78 is 28.6. The molecule has 0 spiro atoms. The molecule has 0 radical (unpaired) electrons. The summed E-state index contributed by atoms with van der Waals surface area (Å²) >= 11 is 0. The van der Waals surface area contributed by atoms with Gasteiger partial charge in [0.15, 0.2) is 0 Å². The Bertz CT molecular complexity index is 656. The normalized spacial score (nSPS) is 18.9. The fourth-order valence-corrected chi connectivity index (χ4v) is 4.82. The Hall–Kier alpha value is -1.51. The number of rotatable bonds is 7. The number of aromatic nitrogens is 1. The first-order valence-corrected chi connectivity index (χ1v) is 9.76. The minimum Gasteiger partial charge on any atom is -0.352 e. The molecule has 1 atom stereocenters. The van der Waals surface area contributed by atoms with Gasteiger partial charge in [-0.25, -0.2) is 0 Å². The van der Waals surface area contributed by atoms with Crippen LogP contribution in [0.5, 0.6) is 0 Å². The second kappa shape index (κ2) is 8.04. The summed E-state index contributed by atoms with van der Waals surface area (Å²) in [4.78, 5) is 15.4. The minimum absolute atomic E-state index is 0.0913. The zero-order valence-corrected chi connectivity index (χ0v) is 15.3. The molecule has 1 unspecified atom stereocenters. The van der Waals surface area contributed by atoms with Crippen LogP contribution in [0.25, 0.3) is 0 Å². The number of nitrogens with zero attached hydrogens (tertiary/aromatic N) is 3. The lowest BCUT2D eigenvalue weighted by Gasteiger charge is -2.29. The summed E-state index contributed by atoms with van der Waals surface area (Å²) in [5.74, 6) is -0.0913. The Morgan fingerprint density at radius 2 is 2.08 bits per heavy atom. The van der Waals surface area contributed by atoms with Crippen molar-refractivity contribution in [2.24, 2.45) is 0 Å². The highest BCUT2D eigenvalue weighted by atomic mass is 32.2. The van der Waals surface area contributed by atoms with Gasteiger partial charge in [-0.05, 0) is 24.5 Å². The Morgan fingerprint density at radius 1 is 1.38 bits per heavy atom. The molecule has 1 saturated heterocycles. The van der Waals surface area contributed by atoms with E-state index in [9.17, 15) is 13.2 Å². The lowest BCUT2D eigenvalue weighted by molar-refractivity contribution is -0.119. The molecule has 0 aliphatic carbocycles. The number of hydrogen-bond donors (Lipinski definition) is 1. The zero-order valence-electron chi connectivity index (χ0n) is 14.5. The predicted octanol–water partition coefficient (Wildman–Crippen LogP) is 1.44. The molecule has 8 heteroatoms.